The van der Waals surface area contributed by atoms with Crippen LogP contribution < -0.4 is 5.73 Å². The Morgan fingerprint density at radius 3 is 2.50 bits per heavy atom. The monoisotopic (exact) mass is 265 g/mol. The molecule has 18 heavy (non-hydrogen) atoms. The molecule has 2 N–H and O–H groups in total. The van der Waals surface area contributed by atoms with Gasteiger partial charge >= 0.3 is 6.18 Å². The number of halogens is 3. The van der Waals surface area contributed by atoms with Crippen molar-refractivity contribution in [1.82, 2.24) is 10.1 Å². The molecule has 0 saturated carbocycles. The fourth-order valence-corrected chi connectivity index (χ4v) is 1.88. The second-order valence-electron chi connectivity index (χ2n) is 4.28. The van der Waals surface area contributed by atoms with Crippen molar-refractivity contribution >= 4 is 0 Å². The van der Waals surface area contributed by atoms with Gasteiger partial charge in [0.15, 0.2) is 0 Å². The molecule has 1 atom stereocenters. The van der Waals surface area contributed by atoms with E-state index in [0.717, 1.165) is 25.7 Å². The van der Waals surface area contributed by atoms with E-state index in [4.69, 9.17) is 5.73 Å². The van der Waals surface area contributed by atoms with E-state index in [9.17, 15) is 13.2 Å². The van der Waals surface area contributed by atoms with Crippen molar-refractivity contribution in [2.75, 3.05) is 6.54 Å². The largest absolute Gasteiger partial charge is 0.455 e. The maximum Gasteiger partial charge on any atom is 0.455 e. The molecule has 1 aromatic heterocycles. The van der Waals surface area contributed by atoms with E-state index in [0.29, 0.717) is 18.9 Å². The molecule has 1 aromatic rings. The molecule has 0 bridgehead atoms. The van der Waals surface area contributed by atoms with Gasteiger partial charge in [-0.25, -0.2) is 0 Å². The lowest BCUT2D eigenvalue weighted by atomic mass is 9.94. The Morgan fingerprint density at radius 1 is 1.28 bits per heavy atom. The third kappa shape index (κ3) is 4.64. The molecule has 4 nitrogen and oxygen atoms in total. The first-order valence-corrected chi connectivity index (χ1v) is 6.07. The van der Waals surface area contributed by atoms with Gasteiger partial charge in [-0.2, -0.15) is 18.2 Å². The smallest absolute Gasteiger partial charge is 0.339 e. The fourth-order valence-electron chi connectivity index (χ4n) is 1.88. The molecule has 0 amide bonds. The molecule has 0 aliphatic heterocycles. The molecule has 0 fully saturated rings. The number of hydrogen-bond acceptors (Lipinski definition) is 4. The van der Waals surface area contributed by atoms with E-state index in [1.54, 1.807) is 0 Å². The molecule has 104 valence electrons. The number of nitrogens with two attached hydrogens (primary N) is 1. The van der Waals surface area contributed by atoms with Crippen LogP contribution in [0.2, 0.25) is 0 Å². The summed E-state index contributed by atoms with van der Waals surface area (Å²) in [5, 5.41) is 2.92. The van der Waals surface area contributed by atoms with Crippen molar-refractivity contribution in [3.8, 4) is 0 Å². The van der Waals surface area contributed by atoms with Gasteiger partial charge in [-0.1, -0.05) is 24.9 Å². The van der Waals surface area contributed by atoms with Crippen molar-refractivity contribution in [3.05, 3.63) is 11.7 Å². The van der Waals surface area contributed by atoms with Gasteiger partial charge in [0, 0.05) is 6.42 Å². The molecule has 0 aliphatic rings. The number of hydrogen-bond donors (Lipinski definition) is 1. The summed E-state index contributed by atoms with van der Waals surface area (Å²) in [5.74, 6) is -0.759. The van der Waals surface area contributed by atoms with E-state index < -0.39 is 12.0 Å². The normalized spacial score (nSPS) is 13.8. The molecule has 0 aromatic carbocycles. The Kier molecular flexibility index (Phi) is 5.58. The zero-order valence-corrected chi connectivity index (χ0v) is 10.3. The summed E-state index contributed by atoms with van der Waals surface area (Å²) in [7, 11) is 0. The molecule has 1 heterocycles. The molecule has 0 saturated heterocycles. The van der Waals surface area contributed by atoms with Crippen LogP contribution in [0.5, 0.6) is 0 Å². The van der Waals surface area contributed by atoms with Crippen LogP contribution in [-0.2, 0) is 12.6 Å². The lowest BCUT2D eigenvalue weighted by molar-refractivity contribution is -0.146. The highest BCUT2D eigenvalue weighted by Crippen LogP contribution is 2.26. The Balaban J connectivity index is 2.49. The van der Waals surface area contributed by atoms with E-state index in [1.165, 1.54) is 0 Å². The van der Waals surface area contributed by atoms with Gasteiger partial charge in [0.05, 0.1) is 0 Å². The number of alkyl halides is 3. The number of nitrogens with zero attached hydrogens (tertiary/aromatic N) is 2. The third-order valence-electron chi connectivity index (χ3n) is 2.76. The van der Waals surface area contributed by atoms with Crippen molar-refractivity contribution in [3.63, 3.8) is 0 Å². The lowest BCUT2D eigenvalue weighted by Gasteiger charge is -2.13. The van der Waals surface area contributed by atoms with E-state index in [2.05, 4.69) is 21.6 Å². The van der Waals surface area contributed by atoms with Gasteiger partial charge in [0.1, 0.15) is 0 Å². The molecule has 0 spiro atoms. The van der Waals surface area contributed by atoms with Crippen molar-refractivity contribution in [2.45, 2.75) is 45.2 Å². The third-order valence-corrected chi connectivity index (χ3v) is 2.76. The maximum atomic E-state index is 12.2. The Hall–Kier alpha value is -1.11. The van der Waals surface area contributed by atoms with Gasteiger partial charge in [-0.05, 0) is 25.3 Å². The van der Waals surface area contributed by atoms with Crippen LogP contribution in [0, 0.1) is 5.92 Å². The predicted molar refractivity (Wildman–Crippen MR) is 59.7 cm³/mol. The first kappa shape index (κ1) is 14.9. The first-order valence-electron chi connectivity index (χ1n) is 6.07. The van der Waals surface area contributed by atoms with E-state index in [-0.39, 0.29) is 5.89 Å². The minimum atomic E-state index is -4.54. The first-order chi connectivity index (χ1) is 8.47. The highest BCUT2D eigenvalue weighted by atomic mass is 19.4. The minimum absolute atomic E-state index is 0.0421. The van der Waals surface area contributed by atoms with Crippen molar-refractivity contribution in [2.24, 2.45) is 11.7 Å². The highest BCUT2D eigenvalue weighted by molar-refractivity contribution is 4.91. The summed E-state index contributed by atoms with van der Waals surface area (Å²) in [5.41, 5.74) is 5.49. The predicted octanol–water partition coefficient (Wildman–Crippen LogP) is 2.79. The van der Waals surface area contributed by atoms with Crippen LogP contribution in [0.4, 0.5) is 13.2 Å². The summed E-state index contributed by atoms with van der Waals surface area (Å²) < 4.78 is 41.3. The quantitative estimate of drug-likeness (QED) is 0.823. The summed E-state index contributed by atoms with van der Waals surface area (Å²) in [6, 6.07) is 0. The topological polar surface area (TPSA) is 64.9 Å². The van der Waals surface area contributed by atoms with Gasteiger partial charge in [0.2, 0.25) is 5.89 Å². The van der Waals surface area contributed by atoms with Gasteiger partial charge in [0.25, 0.3) is 5.82 Å². The summed E-state index contributed by atoms with van der Waals surface area (Å²) in [6.45, 7) is 2.65. The Bertz CT molecular complexity index is 346. The standard InChI is InChI=1S/C11H18F3N3O/c1-2-3-8(6-7-15)4-5-9-16-10(17-18-9)11(12,13)14/h8H,2-7,15H2,1H3. The number of rotatable bonds is 7. The Morgan fingerprint density at radius 2 is 2.00 bits per heavy atom. The Labute approximate surface area is 104 Å². The van der Waals surface area contributed by atoms with E-state index in [1.807, 2.05) is 0 Å². The average Bonchev–Trinajstić information content (AvgIpc) is 2.75. The molecule has 1 rings (SSSR count). The van der Waals surface area contributed by atoms with Crippen LogP contribution in [0.25, 0.3) is 0 Å². The zero-order valence-electron chi connectivity index (χ0n) is 10.3. The van der Waals surface area contributed by atoms with E-state index >= 15 is 0 Å². The summed E-state index contributed by atoms with van der Waals surface area (Å²) in [4.78, 5) is 3.34. The van der Waals surface area contributed by atoms with Crippen LogP contribution in [0.15, 0.2) is 4.52 Å². The summed E-state index contributed by atoms with van der Waals surface area (Å²) in [6.07, 6.45) is -0.534. The van der Waals surface area contributed by atoms with Gasteiger partial charge in [-0.3, -0.25) is 0 Å². The molecule has 7 heteroatoms. The number of aromatic nitrogens is 2. The van der Waals surface area contributed by atoms with Crippen molar-refractivity contribution in [1.29, 1.82) is 0 Å². The highest BCUT2D eigenvalue weighted by Gasteiger charge is 2.37. The van der Waals surface area contributed by atoms with Crippen LogP contribution in [0.3, 0.4) is 0 Å². The second-order valence-corrected chi connectivity index (χ2v) is 4.28. The second kappa shape index (κ2) is 6.72. The van der Waals surface area contributed by atoms with Gasteiger partial charge < -0.3 is 10.3 Å². The molecule has 0 radical (unpaired) electrons. The molecular weight excluding hydrogens is 247 g/mol. The van der Waals surface area contributed by atoms with Crippen LogP contribution >= 0.6 is 0 Å². The minimum Gasteiger partial charge on any atom is -0.339 e. The van der Waals surface area contributed by atoms with Crippen LogP contribution in [-0.4, -0.2) is 16.7 Å². The molecular formula is C11H18F3N3O. The average molecular weight is 265 g/mol. The molecule has 0 aliphatic carbocycles. The molecule has 1 unspecified atom stereocenters. The zero-order chi connectivity index (χ0) is 13.6. The van der Waals surface area contributed by atoms with Gasteiger partial charge in [-0.15, -0.1) is 0 Å². The summed E-state index contributed by atoms with van der Waals surface area (Å²) >= 11 is 0. The van der Waals surface area contributed by atoms with Crippen molar-refractivity contribution < 1.29 is 17.7 Å². The lowest BCUT2D eigenvalue weighted by Crippen LogP contribution is -2.10. The maximum absolute atomic E-state index is 12.2. The van der Waals surface area contributed by atoms with Crippen LogP contribution in [0.1, 0.15) is 44.3 Å². The fraction of sp³-hybridized carbons (Fsp3) is 0.818. The number of aryl methyl sites for hydroxylation is 1. The SMILES string of the molecule is CCCC(CCN)CCc1nc(C(F)(F)F)no1.